The number of azide groups is 1. The van der Waals surface area contributed by atoms with Crippen LogP contribution >= 0.6 is 0 Å². The van der Waals surface area contributed by atoms with Crippen molar-refractivity contribution in [3.63, 3.8) is 0 Å². The van der Waals surface area contributed by atoms with Gasteiger partial charge >= 0.3 is 19.2 Å². The Bertz CT molecular complexity index is 1280. The second kappa shape index (κ2) is 13.2. The normalized spacial score (nSPS) is 27.3. The molecule has 5 atom stereocenters. The van der Waals surface area contributed by atoms with Gasteiger partial charge in [0, 0.05) is 18.0 Å². The molecule has 1 aromatic carbocycles. The molecule has 45 heavy (non-hydrogen) atoms. The van der Waals surface area contributed by atoms with Crippen molar-refractivity contribution < 1.29 is 33.2 Å². The van der Waals surface area contributed by atoms with Crippen molar-refractivity contribution >= 4 is 25.1 Å². The van der Waals surface area contributed by atoms with Gasteiger partial charge in [0.2, 0.25) is 5.91 Å². The molecule has 246 valence electrons. The standard InChI is InChI=1S/C32H48BN5O7/c1-21(35-28(41)43-29(2,3)4)26(39)38-18-23-17-32(36-37-34,27(40)42-20-22-13-10-9-11-14-22)25(24(23)19-38)15-12-16-33-44-30(5,6)31(7,8)45-33/h9-11,13-14,21,23-25H,12,15-20H2,1-8H3,(H,35,41)/t21-,23-,24+,25-,32-/m0/s1. The molecule has 0 aromatic heterocycles. The van der Waals surface area contributed by atoms with Gasteiger partial charge in [-0.2, -0.15) is 0 Å². The second-order valence-corrected chi connectivity index (χ2v) is 14.6. The molecule has 12 nitrogen and oxygen atoms in total. The van der Waals surface area contributed by atoms with Gasteiger partial charge in [0.25, 0.3) is 0 Å². The SMILES string of the molecule is C[C@H](NC(=O)OC(C)(C)C)C(=O)N1C[C@@H]2C[C@@](N=[N+]=[N-])(C(=O)OCc3ccccc3)[C@@H](CCCB3OC(C)(C)C(C)(C)O3)[C@@H]2C1. The predicted molar refractivity (Wildman–Crippen MR) is 169 cm³/mol. The molecule has 2 saturated heterocycles. The fourth-order valence-corrected chi connectivity index (χ4v) is 6.83. The van der Waals surface area contributed by atoms with Crippen LogP contribution in [0.5, 0.6) is 0 Å². The number of alkyl carbamates (subject to hydrolysis) is 1. The van der Waals surface area contributed by atoms with Crippen LogP contribution in [-0.2, 0) is 35.0 Å². The molecule has 0 bridgehead atoms. The number of likely N-dealkylation sites (tertiary alicyclic amines) is 1. The third-order valence-corrected chi connectivity index (χ3v) is 9.66. The number of carbonyl (C=O) groups is 3. The maximum atomic E-state index is 13.8. The third kappa shape index (κ3) is 7.76. The molecule has 1 N–H and O–H groups in total. The van der Waals surface area contributed by atoms with E-state index in [0.717, 1.165) is 5.56 Å². The summed E-state index contributed by atoms with van der Waals surface area (Å²) in [6.45, 7) is 15.8. The van der Waals surface area contributed by atoms with Crippen LogP contribution in [0.25, 0.3) is 10.4 Å². The molecule has 3 aliphatic rings. The Hall–Kier alpha value is -3.28. The first-order valence-electron chi connectivity index (χ1n) is 15.9. The molecule has 0 unspecified atom stereocenters. The number of benzene rings is 1. The Kier molecular flexibility index (Phi) is 10.2. The summed E-state index contributed by atoms with van der Waals surface area (Å²) in [4.78, 5) is 44.5. The number of hydrogen-bond donors (Lipinski definition) is 1. The zero-order valence-electron chi connectivity index (χ0n) is 27.9. The first-order chi connectivity index (χ1) is 21.0. The lowest BCUT2D eigenvalue weighted by Gasteiger charge is -2.33. The number of nitrogens with zero attached hydrogens (tertiary/aromatic N) is 4. The Morgan fingerprint density at radius 2 is 1.78 bits per heavy atom. The molecule has 1 aromatic rings. The highest BCUT2D eigenvalue weighted by molar-refractivity contribution is 6.45. The van der Waals surface area contributed by atoms with E-state index in [0.29, 0.717) is 32.3 Å². The van der Waals surface area contributed by atoms with E-state index < -0.39 is 47.6 Å². The van der Waals surface area contributed by atoms with Gasteiger partial charge in [0.05, 0.1) is 11.2 Å². The summed E-state index contributed by atoms with van der Waals surface area (Å²) in [6.07, 6.45) is 1.43. The van der Waals surface area contributed by atoms with Crippen LogP contribution in [0.3, 0.4) is 0 Å². The number of nitrogens with one attached hydrogen (secondary N) is 1. The van der Waals surface area contributed by atoms with Gasteiger partial charge in [-0.25, -0.2) is 4.79 Å². The molecule has 1 saturated carbocycles. The van der Waals surface area contributed by atoms with Crippen molar-refractivity contribution in [1.29, 1.82) is 0 Å². The molecule has 2 aliphatic heterocycles. The highest BCUT2D eigenvalue weighted by Crippen LogP contribution is 2.53. The summed E-state index contributed by atoms with van der Waals surface area (Å²) in [5.74, 6) is -1.32. The molecule has 4 rings (SSSR count). The maximum Gasteiger partial charge on any atom is 0.457 e. The van der Waals surface area contributed by atoms with Gasteiger partial charge in [0.1, 0.15) is 23.8 Å². The summed E-state index contributed by atoms with van der Waals surface area (Å²) < 4.78 is 23.5. The maximum absolute atomic E-state index is 13.8. The lowest BCUT2D eigenvalue weighted by atomic mass is 9.75. The Balaban J connectivity index is 1.50. The number of rotatable bonds is 10. The van der Waals surface area contributed by atoms with Crippen LogP contribution in [-0.4, -0.2) is 71.5 Å². The Labute approximate surface area is 266 Å². The smallest absolute Gasteiger partial charge is 0.457 e. The minimum Gasteiger partial charge on any atom is -0.460 e. The number of fused-ring (bicyclic) bond motifs is 1. The van der Waals surface area contributed by atoms with E-state index in [9.17, 15) is 19.9 Å². The quantitative estimate of drug-likeness (QED) is 0.116. The van der Waals surface area contributed by atoms with Crippen molar-refractivity contribution in [3.05, 3.63) is 46.3 Å². The van der Waals surface area contributed by atoms with Gasteiger partial charge in [-0.1, -0.05) is 41.9 Å². The van der Waals surface area contributed by atoms with Gasteiger partial charge in [0.15, 0.2) is 0 Å². The van der Waals surface area contributed by atoms with Crippen molar-refractivity contribution in [2.75, 3.05) is 13.1 Å². The first-order valence-corrected chi connectivity index (χ1v) is 15.9. The van der Waals surface area contributed by atoms with E-state index in [1.165, 1.54) is 0 Å². The van der Waals surface area contributed by atoms with Gasteiger partial charge in [-0.15, -0.1) is 0 Å². The third-order valence-electron chi connectivity index (χ3n) is 9.66. The van der Waals surface area contributed by atoms with E-state index in [1.54, 1.807) is 32.6 Å². The molecule has 0 radical (unpaired) electrons. The summed E-state index contributed by atoms with van der Waals surface area (Å²) in [7, 11) is -0.396. The number of ether oxygens (including phenoxy) is 2. The summed E-state index contributed by atoms with van der Waals surface area (Å²) in [5.41, 5.74) is 7.53. The van der Waals surface area contributed by atoms with E-state index in [2.05, 4.69) is 15.3 Å². The fraction of sp³-hybridized carbons (Fsp3) is 0.719. The topological polar surface area (TPSA) is 152 Å². The van der Waals surface area contributed by atoms with Crippen molar-refractivity contribution in [3.8, 4) is 0 Å². The minimum absolute atomic E-state index is 0.0663. The predicted octanol–water partition coefficient (Wildman–Crippen LogP) is 5.66. The van der Waals surface area contributed by atoms with E-state index in [1.807, 2.05) is 58.0 Å². The van der Waals surface area contributed by atoms with Crippen LogP contribution < -0.4 is 5.32 Å². The highest BCUT2D eigenvalue weighted by atomic mass is 16.7. The van der Waals surface area contributed by atoms with Crippen molar-refractivity contribution in [1.82, 2.24) is 10.2 Å². The molecule has 13 heteroatoms. The van der Waals surface area contributed by atoms with Gasteiger partial charge in [-0.3, -0.25) is 9.59 Å². The molecule has 2 heterocycles. The number of hydrogen-bond acceptors (Lipinski definition) is 8. The van der Waals surface area contributed by atoms with Crippen LogP contribution in [0.15, 0.2) is 35.4 Å². The lowest BCUT2D eigenvalue weighted by Crippen LogP contribution is -2.49. The van der Waals surface area contributed by atoms with Crippen LogP contribution in [0, 0.1) is 17.8 Å². The fourth-order valence-electron chi connectivity index (χ4n) is 6.83. The van der Waals surface area contributed by atoms with E-state index in [-0.39, 0.29) is 36.7 Å². The zero-order valence-corrected chi connectivity index (χ0v) is 27.9. The lowest BCUT2D eigenvalue weighted by molar-refractivity contribution is -0.153. The van der Waals surface area contributed by atoms with E-state index >= 15 is 0 Å². The summed E-state index contributed by atoms with van der Waals surface area (Å²) in [5, 5.41) is 6.81. The molecular formula is C32H48BN5O7. The molecule has 2 amide bonds. The van der Waals surface area contributed by atoms with Gasteiger partial charge in [-0.05, 0) is 103 Å². The van der Waals surface area contributed by atoms with Crippen LogP contribution in [0.2, 0.25) is 6.32 Å². The highest BCUT2D eigenvalue weighted by Gasteiger charge is 2.61. The minimum atomic E-state index is -1.40. The Morgan fingerprint density at radius 3 is 2.38 bits per heavy atom. The molecular weight excluding hydrogens is 577 g/mol. The molecule has 0 spiro atoms. The van der Waals surface area contributed by atoms with Crippen molar-refractivity contribution in [2.45, 2.75) is 116 Å². The van der Waals surface area contributed by atoms with Crippen LogP contribution in [0.1, 0.15) is 80.2 Å². The summed E-state index contributed by atoms with van der Waals surface area (Å²) in [6, 6.07) is 8.57. The molecule has 1 aliphatic carbocycles. The second-order valence-electron chi connectivity index (χ2n) is 14.6. The average Bonchev–Trinajstić information content (AvgIpc) is 3.53. The number of carbonyl (C=O) groups excluding carboxylic acids is 3. The Morgan fingerprint density at radius 1 is 1.13 bits per heavy atom. The monoisotopic (exact) mass is 625 g/mol. The largest absolute Gasteiger partial charge is 0.460 e. The first kappa shape index (κ1) is 34.6. The number of amides is 2. The van der Waals surface area contributed by atoms with Crippen molar-refractivity contribution in [2.24, 2.45) is 22.9 Å². The van der Waals surface area contributed by atoms with Gasteiger partial charge < -0.3 is 29.0 Å². The van der Waals surface area contributed by atoms with E-state index in [4.69, 9.17) is 18.8 Å². The average molecular weight is 626 g/mol. The zero-order chi connectivity index (χ0) is 33.2. The summed E-state index contributed by atoms with van der Waals surface area (Å²) >= 11 is 0. The number of esters is 1. The van der Waals surface area contributed by atoms with Crippen LogP contribution in [0.4, 0.5) is 4.79 Å². The molecule has 3 fully saturated rings.